The minimum Gasteiger partial charge on any atom is -0.375 e. The Labute approximate surface area is 190 Å². The van der Waals surface area contributed by atoms with Gasteiger partial charge in [0.15, 0.2) is 5.96 Å². The highest BCUT2D eigenvalue weighted by molar-refractivity contribution is 14.0. The van der Waals surface area contributed by atoms with Crippen LogP contribution in [-0.2, 0) is 17.8 Å². The minimum atomic E-state index is -0.0692. The first-order valence-electron chi connectivity index (χ1n) is 9.67. The summed E-state index contributed by atoms with van der Waals surface area (Å²) in [6.07, 6.45) is 0.805. The fraction of sp³-hybridized carbons (Fsp3) is 0.364. The summed E-state index contributed by atoms with van der Waals surface area (Å²) in [5.41, 5.74) is 2.95. The first-order valence-corrected chi connectivity index (χ1v) is 9.67. The Morgan fingerprint density at radius 1 is 1.03 bits per heavy atom. The lowest BCUT2D eigenvalue weighted by atomic mass is 10.1. The van der Waals surface area contributed by atoms with Crippen molar-refractivity contribution in [3.63, 3.8) is 0 Å². The van der Waals surface area contributed by atoms with Crippen LogP contribution in [0.5, 0.6) is 0 Å². The fourth-order valence-corrected chi connectivity index (χ4v) is 2.67. The van der Waals surface area contributed by atoms with Crippen molar-refractivity contribution in [2.24, 2.45) is 4.99 Å². The monoisotopic (exact) mass is 510 g/mol. The topological polar surface area (TPSA) is 74.8 Å². The Bertz CT molecular complexity index is 753. The number of guanidine groups is 1. The lowest BCUT2D eigenvalue weighted by Crippen LogP contribution is -2.38. The summed E-state index contributed by atoms with van der Waals surface area (Å²) in [6, 6.07) is 17.8. The van der Waals surface area contributed by atoms with E-state index in [4.69, 9.17) is 4.74 Å². The van der Waals surface area contributed by atoms with E-state index in [2.05, 4.69) is 20.9 Å². The molecule has 0 atom stereocenters. The van der Waals surface area contributed by atoms with Crippen molar-refractivity contribution in [2.45, 2.75) is 20.0 Å². The second-order valence-corrected chi connectivity index (χ2v) is 6.26. The van der Waals surface area contributed by atoms with E-state index in [1.165, 1.54) is 0 Å². The largest absolute Gasteiger partial charge is 0.375 e. The van der Waals surface area contributed by atoms with Gasteiger partial charge >= 0.3 is 0 Å². The highest BCUT2D eigenvalue weighted by Crippen LogP contribution is 2.05. The molecular weight excluding hydrogens is 479 g/mol. The van der Waals surface area contributed by atoms with Gasteiger partial charge in [-0.1, -0.05) is 42.5 Å². The van der Waals surface area contributed by atoms with Gasteiger partial charge in [-0.2, -0.15) is 0 Å². The quantitative estimate of drug-likeness (QED) is 0.199. The van der Waals surface area contributed by atoms with Crippen LogP contribution in [0.4, 0.5) is 0 Å². The number of benzene rings is 2. The number of hydrogen-bond donors (Lipinski definition) is 3. The maximum Gasteiger partial charge on any atom is 0.251 e. The molecule has 2 aromatic rings. The van der Waals surface area contributed by atoms with E-state index in [-0.39, 0.29) is 29.9 Å². The number of nitrogens with zero attached hydrogens (tertiary/aromatic N) is 1. The molecule has 2 aromatic carbocycles. The smallest absolute Gasteiger partial charge is 0.251 e. The fourth-order valence-electron chi connectivity index (χ4n) is 2.67. The average molecular weight is 510 g/mol. The number of ether oxygens (including phenoxy) is 1. The zero-order valence-electron chi connectivity index (χ0n) is 17.1. The molecule has 0 radical (unpaired) electrons. The maximum atomic E-state index is 11.7. The minimum absolute atomic E-state index is 0. The van der Waals surface area contributed by atoms with Gasteiger partial charge in [0, 0.05) is 25.7 Å². The molecule has 6 nitrogen and oxygen atoms in total. The number of carbonyl (C=O) groups is 1. The second-order valence-electron chi connectivity index (χ2n) is 6.26. The third-order valence-corrected chi connectivity index (χ3v) is 4.08. The Balaban J connectivity index is 0.00000420. The third kappa shape index (κ3) is 9.76. The van der Waals surface area contributed by atoms with Crippen LogP contribution in [0.15, 0.2) is 59.6 Å². The summed E-state index contributed by atoms with van der Waals surface area (Å²) >= 11 is 0. The number of aliphatic imine (C=N–C) groups is 1. The number of halogens is 1. The molecule has 0 heterocycles. The molecule has 0 saturated heterocycles. The first-order chi connectivity index (χ1) is 13.7. The Morgan fingerprint density at radius 3 is 2.52 bits per heavy atom. The van der Waals surface area contributed by atoms with E-state index in [0.29, 0.717) is 25.3 Å². The summed E-state index contributed by atoms with van der Waals surface area (Å²) < 4.78 is 5.67. The van der Waals surface area contributed by atoms with Gasteiger partial charge in [0.2, 0.25) is 0 Å². The standard InChI is InChI=1S/C22H30N4O2.HI/c1-3-24-22(26-14-15-28-17-19-8-5-4-6-9-19)25-13-12-18-10-7-11-20(16-18)21(27)23-2;/h4-11,16H,3,12-15,17H2,1-2H3,(H,23,27)(H2,24,25,26);1H. The number of amides is 1. The molecule has 29 heavy (non-hydrogen) atoms. The zero-order valence-corrected chi connectivity index (χ0v) is 19.4. The van der Waals surface area contributed by atoms with E-state index < -0.39 is 0 Å². The Morgan fingerprint density at radius 2 is 1.79 bits per heavy atom. The van der Waals surface area contributed by atoms with Crippen LogP contribution in [0.25, 0.3) is 0 Å². The van der Waals surface area contributed by atoms with E-state index in [9.17, 15) is 4.79 Å². The second kappa shape index (κ2) is 14.8. The number of carbonyl (C=O) groups excluding carboxylic acids is 1. The van der Waals surface area contributed by atoms with Gasteiger partial charge in [0.25, 0.3) is 5.91 Å². The van der Waals surface area contributed by atoms with Gasteiger partial charge in [-0.15, -0.1) is 24.0 Å². The van der Waals surface area contributed by atoms with Crippen molar-refractivity contribution in [3.05, 3.63) is 71.3 Å². The molecule has 0 fully saturated rings. The van der Waals surface area contributed by atoms with Gasteiger partial charge < -0.3 is 20.7 Å². The normalized spacial score (nSPS) is 10.8. The molecule has 0 spiro atoms. The predicted octanol–water partition coefficient (Wildman–Crippen LogP) is 2.98. The predicted molar refractivity (Wildman–Crippen MR) is 129 cm³/mol. The molecule has 3 N–H and O–H groups in total. The molecular formula is C22H31IN4O2. The molecule has 0 unspecified atom stereocenters. The first kappa shape index (κ1) is 24.9. The van der Waals surface area contributed by atoms with Crippen molar-refractivity contribution in [3.8, 4) is 0 Å². The van der Waals surface area contributed by atoms with Crippen LogP contribution in [0.1, 0.15) is 28.4 Å². The lowest BCUT2D eigenvalue weighted by Gasteiger charge is -2.12. The van der Waals surface area contributed by atoms with Crippen molar-refractivity contribution in [1.29, 1.82) is 0 Å². The van der Waals surface area contributed by atoms with Gasteiger partial charge in [-0.3, -0.25) is 9.79 Å². The zero-order chi connectivity index (χ0) is 20.0. The van der Waals surface area contributed by atoms with Crippen molar-refractivity contribution >= 4 is 35.8 Å². The average Bonchev–Trinajstić information content (AvgIpc) is 2.74. The lowest BCUT2D eigenvalue weighted by molar-refractivity contribution is 0.0963. The molecule has 0 bridgehead atoms. The van der Waals surface area contributed by atoms with Crippen LogP contribution in [0.2, 0.25) is 0 Å². The van der Waals surface area contributed by atoms with Gasteiger partial charge in [0.05, 0.1) is 19.8 Å². The molecule has 7 heteroatoms. The molecule has 0 aliphatic rings. The molecule has 158 valence electrons. The van der Waals surface area contributed by atoms with E-state index >= 15 is 0 Å². The van der Waals surface area contributed by atoms with E-state index in [1.807, 2.05) is 61.5 Å². The molecule has 0 aromatic heterocycles. The summed E-state index contributed by atoms with van der Waals surface area (Å²) in [6.45, 7) is 5.32. The summed E-state index contributed by atoms with van der Waals surface area (Å²) in [7, 11) is 1.64. The SMILES string of the molecule is CCNC(=NCCOCc1ccccc1)NCCc1cccc(C(=O)NC)c1.I. The number of rotatable bonds is 10. The summed E-state index contributed by atoms with van der Waals surface area (Å²) in [5, 5.41) is 9.21. The highest BCUT2D eigenvalue weighted by atomic mass is 127. The van der Waals surface area contributed by atoms with Gasteiger partial charge in [-0.05, 0) is 36.6 Å². The van der Waals surface area contributed by atoms with Crippen LogP contribution in [0.3, 0.4) is 0 Å². The van der Waals surface area contributed by atoms with Crippen molar-refractivity contribution < 1.29 is 9.53 Å². The van der Waals surface area contributed by atoms with E-state index in [1.54, 1.807) is 7.05 Å². The molecule has 0 aliphatic carbocycles. The molecule has 0 aliphatic heterocycles. The Hall–Kier alpha value is -2.13. The number of hydrogen-bond acceptors (Lipinski definition) is 3. The molecule has 1 amide bonds. The van der Waals surface area contributed by atoms with Crippen molar-refractivity contribution in [1.82, 2.24) is 16.0 Å². The van der Waals surface area contributed by atoms with Gasteiger partial charge in [0.1, 0.15) is 0 Å². The van der Waals surface area contributed by atoms with Crippen LogP contribution in [0, 0.1) is 0 Å². The van der Waals surface area contributed by atoms with Crippen molar-refractivity contribution in [2.75, 3.05) is 33.3 Å². The third-order valence-electron chi connectivity index (χ3n) is 4.08. The van der Waals surface area contributed by atoms with Gasteiger partial charge in [-0.25, -0.2) is 0 Å². The van der Waals surface area contributed by atoms with Crippen LogP contribution >= 0.6 is 24.0 Å². The summed E-state index contributed by atoms with van der Waals surface area (Å²) in [5.74, 6) is 0.702. The molecule has 2 rings (SSSR count). The van der Waals surface area contributed by atoms with E-state index in [0.717, 1.165) is 36.6 Å². The number of nitrogens with one attached hydrogen (secondary N) is 3. The Kier molecular flexibility index (Phi) is 12.7. The van der Waals surface area contributed by atoms with Crippen LogP contribution < -0.4 is 16.0 Å². The molecule has 0 saturated carbocycles. The summed E-state index contributed by atoms with van der Waals surface area (Å²) in [4.78, 5) is 16.3. The maximum absolute atomic E-state index is 11.7. The van der Waals surface area contributed by atoms with Crippen LogP contribution in [-0.4, -0.2) is 45.2 Å². The highest BCUT2D eigenvalue weighted by Gasteiger charge is 2.04.